The van der Waals surface area contributed by atoms with Gasteiger partial charge in [0.15, 0.2) is 0 Å². The lowest BCUT2D eigenvalue weighted by molar-refractivity contribution is 0.114. The Balaban J connectivity index is 1.66. The van der Waals surface area contributed by atoms with Crippen LogP contribution in [0.2, 0.25) is 0 Å². The second-order valence-electron chi connectivity index (χ2n) is 6.96. The van der Waals surface area contributed by atoms with Crippen LogP contribution in [0.1, 0.15) is 22.0 Å². The van der Waals surface area contributed by atoms with Crippen molar-refractivity contribution in [3.05, 3.63) is 57.8 Å². The van der Waals surface area contributed by atoms with Crippen LogP contribution in [0.25, 0.3) is 0 Å². The second-order valence-corrected chi connectivity index (χ2v) is 9.75. The molecule has 1 aromatic heterocycles. The van der Waals surface area contributed by atoms with Gasteiger partial charge in [-0.2, -0.15) is 0 Å². The van der Waals surface area contributed by atoms with Crippen molar-refractivity contribution in [2.24, 2.45) is 0 Å². The van der Waals surface area contributed by atoms with Crippen LogP contribution in [0.5, 0.6) is 0 Å². The maximum atomic E-state index is 12.6. The van der Waals surface area contributed by atoms with Gasteiger partial charge < -0.3 is 4.90 Å². The molecule has 142 valence electrons. The Bertz CT molecular complexity index is 781. The summed E-state index contributed by atoms with van der Waals surface area (Å²) < 4.78 is 28.0. The minimum Gasteiger partial charge on any atom is -0.304 e. The number of nitrogens with zero attached hydrogens (tertiary/aromatic N) is 2. The number of sulfonamides is 1. The molecule has 0 radical (unpaired) electrons. The van der Waals surface area contributed by atoms with Crippen LogP contribution >= 0.6 is 11.3 Å². The lowest BCUT2D eigenvalue weighted by Crippen LogP contribution is -2.48. The third-order valence-electron chi connectivity index (χ3n) is 4.82. The van der Waals surface area contributed by atoms with Crippen molar-refractivity contribution in [2.75, 3.05) is 39.8 Å². The molecule has 1 atom stereocenters. The van der Waals surface area contributed by atoms with E-state index < -0.39 is 10.0 Å². The zero-order valence-corrected chi connectivity index (χ0v) is 17.0. The van der Waals surface area contributed by atoms with Crippen molar-refractivity contribution >= 4 is 21.4 Å². The molecule has 2 aromatic rings. The highest BCUT2D eigenvalue weighted by Gasteiger charge is 2.26. The molecule has 1 unspecified atom stereocenters. The Morgan fingerprint density at radius 2 is 1.81 bits per heavy atom. The predicted octanol–water partition coefficient (Wildman–Crippen LogP) is 2.46. The summed E-state index contributed by atoms with van der Waals surface area (Å²) in [6, 6.07) is 11.9. The van der Waals surface area contributed by atoms with Gasteiger partial charge in [0.25, 0.3) is 0 Å². The summed E-state index contributed by atoms with van der Waals surface area (Å²) >= 11 is 1.69. The molecule has 0 spiro atoms. The van der Waals surface area contributed by atoms with Gasteiger partial charge in [-0.1, -0.05) is 35.9 Å². The number of likely N-dealkylation sites (N-methyl/N-ethyl adjacent to an activating group) is 1. The first-order valence-electron chi connectivity index (χ1n) is 8.92. The van der Waals surface area contributed by atoms with E-state index >= 15 is 0 Å². The maximum absolute atomic E-state index is 12.6. The summed E-state index contributed by atoms with van der Waals surface area (Å²) in [5.74, 6) is 0.0210. The van der Waals surface area contributed by atoms with E-state index in [9.17, 15) is 8.42 Å². The minimum absolute atomic E-state index is 0.0210. The van der Waals surface area contributed by atoms with Gasteiger partial charge >= 0.3 is 0 Å². The average molecular weight is 394 g/mol. The van der Waals surface area contributed by atoms with Gasteiger partial charge in [-0.3, -0.25) is 4.90 Å². The molecule has 0 saturated carbocycles. The van der Waals surface area contributed by atoms with Gasteiger partial charge in [0.05, 0.1) is 11.8 Å². The fourth-order valence-electron chi connectivity index (χ4n) is 3.18. The molecule has 5 nitrogen and oxygen atoms in total. The Labute approximate surface area is 160 Å². The first kappa shape index (κ1) is 19.5. The molecule has 1 aliphatic heterocycles. The topological polar surface area (TPSA) is 52.7 Å². The number of hydrogen-bond acceptors (Lipinski definition) is 5. The molecular formula is C19H27N3O2S2. The third kappa shape index (κ3) is 5.37. The van der Waals surface area contributed by atoms with Crippen molar-refractivity contribution < 1.29 is 8.42 Å². The Morgan fingerprint density at radius 3 is 2.42 bits per heavy atom. The number of hydrogen-bond donors (Lipinski definition) is 1. The molecular weight excluding hydrogens is 366 g/mol. The van der Waals surface area contributed by atoms with E-state index in [4.69, 9.17) is 0 Å². The van der Waals surface area contributed by atoms with Crippen LogP contribution in [0.4, 0.5) is 0 Å². The van der Waals surface area contributed by atoms with Gasteiger partial charge in [0.1, 0.15) is 0 Å². The second kappa shape index (κ2) is 8.63. The highest BCUT2D eigenvalue weighted by atomic mass is 32.2. The highest BCUT2D eigenvalue weighted by molar-refractivity contribution is 7.88. The Hall–Kier alpha value is -1.25. The van der Waals surface area contributed by atoms with Crippen molar-refractivity contribution in [3.8, 4) is 0 Å². The first-order chi connectivity index (χ1) is 12.4. The number of thiophene rings is 1. The standard InChI is InChI=1S/C19H27N3O2S2/c1-16-5-7-17(8-6-16)15-26(23,24)20-14-18(19-4-3-13-25-19)22-11-9-21(2)10-12-22/h3-8,13,18,20H,9-12,14-15H2,1-2H3. The summed E-state index contributed by atoms with van der Waals surface area (Å²) in [7, 11) is -1.24. The Kier molecular flexibility index (Phi) is 6.47. The largest absolute Gasteiger partial charge is 0.304 e. The van der Waals surface area contributed by atoms with Gasteiger partial charge in [-0.25, -0.2) is 13.1 Å². The molecule has 1 N–H and O–H groups in total. The van der Waals surface area contributed by atoms with E-state index in [2.05, 4.69) is 33.0 Å². The van der Waals surface area contributed by atoms with E-state index in [1.54, 1.807) is 11.3 Å². The molecule has 26 heavy (non-hydrogen) atoms. The van der Waals surface area contributed by atoms with E-state index in [0.717, 1.165) is 37.3 Å². The zero-order chi connectivity index (χ0) is 18.6. The lowest BCUT2D eigenvalue weighted by Gasteiger charge is -2.37. The molecule has 3 rings (SSSR count). The van der Waals surface area contributed by atoms with Crippen LogP contribution in [0, 0.1) is 6.92 Å². The molecule has 0 aliphatic carbocycles. The van der Waals surface area contributed by atoms with E-state index in [0.29, 0.717) is 6.54 Å². The number of rotatable bonds is 7. The van der Waals surface area contributed by atoms with Gasteiger partial charge in [0, 0.05) is 37.6 Å². The van der Waals surface area contributed by atoms with Crippen molar-refractivity contribution in [1.29, 1.82) is 0 Å². The molecule has 2 heterocycles. The predicted molar refractivity (Wildman–Crippen MR) is 108 cm³/mol. The number of piperazine rings is 1. The van der Waals surface area contributed by atoms with Crippen LogP contribution < -0.4 is 4.72 Å². The first-order valence-corrected chi connectivity index (χ1v) is 11.4. The minimum atomic E-state index is -3.37. The lowest BCUT2D eigenvalue weighted by atomic mass is 10.2. The van der Waals surface area contributed by atoms with Gasteiger partial charge in [0.2, 0.25) is 10.0 Å². The fraction of sp³-hybridized carbons (Fsp3) is 0.474. The highest BCUT2D eigenvalue weighted by Crippen LogP contribution is 2.26. The van der Waals surface area contributed by atoms with E-state index in [-0.39, 0.29) is 11.8 Å². The monoisotopic (exact) mass is 393 g/mol. The fourth-order valence-corrected chi connectivity index (χ4v) is 5.19. The maximum Gasteiger partial charge on any atom is 0.215 e. The van der Waals surface area contributed by atoms with Gasteiger partial charge in [-0.15, -0.1) is 11.3 Å². The molecule has 1 fully saturated rings. The molecule has 7 heteroatoms. The number of nitrogens with one attached hydrogen (secondary N) is 1. The summed E-state index contributed by atoms with van der Waals surface area (Å²) in [6.07, 6.45) is 0. The third-order valence-corrected chi connectivity index (χ3v) is 7.12. The smallest absolute Gasteiger partial charge is 0.215 e. The van der Waals surface area contributed by atoms with Crippen molar-refractivity contribution in [3.63, 3.8) is 0 Å². The van der Waals surface area contributed by atoms with Crippen LogP contribution in [-0.2, 0) is 15.8 Å². The van der Waals surface area contributed by atoms with Crippen molar-refractivity contribution in [2.45, 2.75) is 18.7 Å². The molecule has 1 saturated heterocycles. The molecule has 0 amide bonds. The molecule has 0 bridgehead atoms. The summed E-state index contributed by atoms with van der Waals surface area (Å²) in [6.45, 7) is 6.35. The normalized spacial score (nSPS) is 18.1. The van der Waals surface area contributed by atoms with Crippen molar-refractivity contribution in [1.82, 2.24) is 14.5 Å². The summed E-state index contributed by atoms with van der Waals surface area (Å²) in [4.78, 5) is 5.91. The summed E-state index contributed by atoms with van der Waals surface area (Å²) in [5.41, 5.74) is 1.95. The number of aryl methyl sites for hydroxylation is 1. The quantitative estimate of drug-likeness (QED) is 0.785. The van der Waals surface area contributed by atoms with Gasteiger partial charge in [-0.05, 0) is 31.0 Å². The van der Waals surface area contributed by atoms with E-state index in [1.165, 1.54) is 4.88 Å². The van der Waals surface area contributed by atoms with Crippen LogP contribution in [0.3, 0.4) is 0 Å². The summed E-state index contributed by atoms with van der Waals surface area (Å²) in [5, 5.41) is 2.05. The number of benzene rings is 1. The molecule has 1 aliphatic rings. The van der Waals surface area contributed by atoms with Crippen LogP contribution in [0.15, 0.2) is 41.8 Å². The zero-order valence-electron chi connectivity index (χ0n) is 15.4. The van der Waals surface area contributed by atoms with Crippen LogP contribution in [-0.4, -0.2) is 58.0 Å². The average Bonchev–Trinajstić information content (AvgIpc) is 3.13. The Morgan fingerprint density at radius 1 is 1.12 bits per heavy atom. The van der Waals surface area contributed by atoms with E-state index in [1.807, 2.05) is 37.3 Å². The SMILES string of the molecule is Cc1ccc(CS(=O)(=O)NCC(c2cccs2)N2CCN(C)CC2)cc1. The molecule has 1 aromatic carbocycles.